The van der Waals surface area contributed by atoms with Crippen molar-refractivity contribution in [2.45, 2.75) is 25.8 Å². The Balaban J connectivity index is 2.11. The Bertz CT molecular complexity index is 373. The number of likely N-dealkylation sites (tertiary alicyclic amines) is 1. The highest BCUT2D eigenvalue weighted by Gasteiger charge is 2.28. The molecule has 80 valence electrons. The number of hydrogen-bond acceptors (Lipinski definition) is 4. The van der Waals surface area contributed by atoms with Gasteiger partial charge in [0.2, 0.25) is 0 Å². The fourth-order valence-corrected chi connectivity index (χ4v) is 1.76. The second-order valence-corrected chi connectivity index (χ2v) is 3.70. The van der Waals surface area contributed by atoms with Gasteiger partial charge >= 0.3 is 0 Å². The SMILES string of the molecule is C[C@@H]1CC(=O)CCN1C(=O)c1c[nH]nn1. The maximum Gasteiger partial charge on any atom is 0.276 e. The number of Topliss-reactive ketones (excluding diaryl/α,β-unsaturated/α-hetero) is 1. The Hall–Kier alpha value is -1.72. The fourth-order valence-electron chi connectivity index (χ4n) is 1.76. The molecule has 1 saturated heterocycles. The van der Waals surface area contributed by atoms with Gasteiger partial charge in [-0.25, -0.2) is 0 Å². The lowest BCUT2D eigenvalue weighted by atomic mass is 10.0. The molecular formula is C9H12N4O2. The summed E-state index contributed by atoms with van der Waals surface area (Å²) >= 11 is 0. The first kappa shape index (κ1) is 9.82. The highest BCUT2D eigenvalue weighted by Crippen LogP contribution is 2.15. The standard InChI is InChI=1S/C9H12N4O2/c1-6-4-7(14)2-3-13(6)9(15)8-5-10-12-11-8/h5-6H,2-4H2,1H3,(H,10,11,12)/t6-/m1/s1. The van der Waals surface area contributed by atoms with E-state index in [2.05, 4.69) is 15.4 Å². The van der Waals surface area contributed by atoms with E-state index in [1.807, 2.05) is 6.92 Å². The number of carbonyl (C=O) groups is 2. The van der Waals surface area contributed by atoms with Crippen LogP contribution < -0.4 is 0 Å². The third-order valence-corrected chi connectivity index (χ3v) is 2.58. The molecule has 1 amide bonds. The van der Waals surface area contributed by atoms with E-state index in [4.69, 9.17) is 0 Å². The van der Waals surface area contributed by atoms with Gasteiger partial charge in [0.25, 0.3) is 5.91 Å². The number of ketones is 1. The molecule has 0 spiro atoms. The maximum atomic E-state index is 11.9. The largest absolute Gasteiger partial charge is 0.334 e. The summed E-state index contributed by atoms with van der Waals surface area (Å²) in [4.78, 5) is 24.7. The molecule has 2 rings (SSSR count). The van der Waals surface area contributed by atoms with Gasteiger partial charge in [-0.1, -0.05) is 5.21 Å². The van der Waals surface area contributed by atoms with Crippen LogP contribution in [0.15, 0.2) is 6.20 Å². The van der Waals surface area contributed by atoms with Crippen molar-refractivity contribution in [2.24, 2.45) is 0 Å². The molecule has 15 heavy (non-hydrogen) atoms. The lowest BCUT2D eigenvalue weighted by Crippen LogP contribution is -2.44. The molecule has 6 heteroatoms. The average Bonchev–Trinajstić information content (AvgIpc) is 2.69. The van der Waals surface area contributed by atoms with E-state index in [-0.39, 0.29) is 17.7 Å². The van der Waals surface area contributed by atoms with E-state index in [0.717, 1.165) is 0 Å². The molecule has 1 N–H and O–H groups in total. The van der Waals surface area contributed by atoms with E-state index in [9.17, 15) is 9.59 Å². The molecule has 0 bridgehead atoms. The zero-order valence-corrected chi connectivity index (χ0v) is 8.43. The second-order valence-electron chi connectivity index (χ2n) is 3.70. The molecule has 0 aromatic carbocycles. The Morgan fingerprint density at radius 1 is 1.67 bits per heavy atom. The van der Waals surface area contributed by atoms with Crippen LogP contribution in [0.3, 0.4) is 0 Å². The van der Waals surface area contributed by atoms with Crippen molar-refractivity contribution in [3.8, 4) is 0 Å². The summed E-state index contributed by atoms with van der Waals surface area (Å²) in [7, 11) is 0. The van der Waals surface area contributed by atoms with Crippen LogP contribution in [0.25, 0.3) is 0 Å². The molecule has 0 radical (unpaired) electrons. The van der Waals surface area contributed by atoms with Crippen LogP contribution in [0.4, 0.5) is 0 Å². The third kappa shape index (κ3) is 1.88. The Kier molecular flexibility index (Phi) is 2.49. The monoisotopic (exact) mass is 208 g/mol. The summed E-state index contributed by atoms with van der Waals surface area (Å²) in [6.07, 6.45) is 2.34. The predicted molar refractivity (Wildman–Crippen MR) is 51.1 cm³/mol. The highest BCUT2D eigenvalue weighted by atomic mass is 16.2. The number of aromatic amines is 1. The van der Waals surface area contributed by atoms with Crippen LogP contribution in [0.2, 0.25) is 0 Å². The summed E-state index contributed by atoms with van der Waals surface area (Å²) in [5.41, 5.74) is 0.302. The number of hydrogen-bond donors (Lipinski definition) is 1. The van der Waals surface area contributed by atoms with Gasteiger partial charge in [0.1, 0.15) is 5.78 Å². The minimum absolute atomic E-state index is 0.0459. The second kappa shape index (κ2) is 3.80. The van der Waals surface area contributed by atoms with E-state index in [1.165, 1.54) is 6.20 Å². The lowest BCUT2D eigenvalue weighted by molar-refractivity contribution is -0.122. The number of aromatic nitrogens is 3. The van der Waals surface area contributed by atoms with Crippen molar-refractivity contribution in [3.05, 3.63) is 11.9 Å². The van der Waals surface area contributed by atoms with Crippen LogP contribution in [-0.2, 0) is 4.79 Å². The van der Waals surface area contributed by atoms with Gasteiger partial charge in [-0.15, -0.1) is 5.10 Å². The van der Waals surface area contributed by atoms with E-state index >= 15 is 0 Å². The molecule has 1 aromatic heterocycles. The molecular weight excluding hydrogens is 196 g/mol. The first-order valence-corrected chi connectivity index (χ1v) is 4.87. The predicted octanol–water partition coefficient (Wildman–Crippen LogP) is -0.00170. The highest BCUT2D eigenvalue weighted by molar-refractivity contribution is 5.93. The number of carbonyl (C=O) groups excluding carboxylic acids is 2. The zero-order chi connectivity index (χ0) is 10.8. The minimum Gasteiger partial charge on any atom is -0.334 e. The number of amides is 1. The number of piperidine rings is 1. The van der Waals surface area contributed by atoms with Gasteiger partial charge < -0.3 is 4.90 Å². The number of H-pyrrole nitrogens is 1. The molecule has 1 atom stereocenters. The molecule has 6 nitrogen and oxygen atoms in total. The smallest absolute Gasteiger partial charge is 0.276 e. The van der Waals surface area contributed by atoms with Gasteiger partial charge in [-0.3, -0.25) is 14.7 Å². The molecule has 0 unspecified atom stereocenters. The maximum absolute atomic E-state index is 11.9. The van der Waals surface area contributed by atoms with Crippen molar-refractivity contribution in [1.29, 1.82) is 0 Å². The van der Waals surface area contributed by atoms with Crippen molar-refractivity contribution in [1.82, 2.24) is 20.3 Å². The van der Waals surface area contributed by atoms with Crippen molar-refractivity contribution in [3.63, 3.8) is 0 Å². The molecule has 0 aliphatic carbocycles. The van der Waals surface area contributed by atoms with E-state index < -0.39 is 0 Å². The molecule has 2 heterocycles. The summed E-state index contributed by atoms with van der Waals surface area (Å²) in [5.74, 6) is 0.0513. The summed E-state index contributed by atoms with van der Waals surface area (Å²) in [5, 5.41) is 9.65. The number of rotatable bonds is 1. The first-order valence-electron chi connectivity index (χ1n) is 4.87. The zero-order valence-electron chi connectivity index (χ0n) is 8.43. The normalized spacial score (nSPS) is 21.8. The van der Waals surface area contributed by atoms with Crippen molar-refractivity contribution in [2.75, 3.05) is 6.54 Å². The van der Waals surface area contributed by atoms with Crippen LogP contribution in [0.5, 0.6) is 0 Å². The van der Waals surface area contributed by atoms with Gasteiger partial charge in [0, 0.05) is 25.4 Å². The third-order valence-electron chi connectivity index (χ3n) is 2.58. The summed E-state index contributed by atoms with van der Waals surface area (Å²) < 4.78 is 0. The Labute approximate surface area is 86.6 Å². The molecule has 1 aliphatic heterocycles. The van der Waals surface area contributed by atoms with Crippen LogP contribution in [-0.4, -0.2) is 44.6 Å². The van der Waals surface area contributed by atoms with Crippen molar-refractivity contribution < 1.29 is 9.59 Å². The van der Waals surface area contributed by atoms with Gasteiger partial charge in [-0.2, -0.15) is 0 Å². The minimum atomic E-state index is -0.163. The number of nitrogens with zero attached hydrogens (tertiary/aromatic N) is 3. The summed E-state index contributed by atoms with van der Waals surface area (Å²) in [6.45, 7) is 2.35. The van der Waals surface area contributed by atoms with E-state index in [0.29, 0.717) is 25.1 Å². The Morgan fingerprint density at radius 3 is 3.07 bits per heavy atom. The quantitative estimate of drug-likeness (QED) is 0.704. The molecule has 1 fully saturated rings. The van der Waals surface area contributed by atoms with Crippen LogP contribution in [0, 0.1) is 0 Å². The average molecular weight is 208 g/mol. The van der Waals surface area contributed by atoms with Gasteiger partial charge in [0.05, 0.1) is 6.20 Å². The van der Waals surface area contributed by atoms with Gasteiger partial charge in [-0.05, 0) is 6.92 Å². The number of nitrogens with one attached hydrogen (secondary N) is 1. The van der Waals surface area contributed by atoms with E-state index in [1.54, 1.807) is 4.90 Å². The lowest BCUT2D eigenvalue weighted by Gasteiger charge is -2.31. The summed E-state index contributed by atoms with van der Waals surface area (Å²) in [6, 6.07) is -0.0459. The van der Waals surface area contributed by atoms with Gasteiger partial charge in [0.15, 0.2) is 5.69 Å². The topological polar surface area (TPSA) is 79.0 Å². The Morgan fingerprint density at radius 2 is 2.47 bits per heavy atom. The molecule has 1 aliphatic rings. The molecule has 0 saturated carbocycles. The van der Waals surface area contributed by atoms with Crippen molar-refractivity contribution >= 4 is 11.7 Å². The van der Waals surface area contributed by atoms with Crippen LogP contribution >= 0.6 is 0 Å². The fraction of sp³-hybridized carbons (Fsp3) is 0.556. The first-order chi connectivity index (χ1) is 7.18. The molecule has 1 aromatic rings. The van der Waals surface area contributed by atoms with Crippen LogP contribution in [0.1, 0.15) is 30.3 Å².